The number of hydrogen-bond acceptors (Lipinski definition) is 1. The molecule has 2 aromatic rings. The van der Waals surface area contributed by atoms with Crippen LogP contribution in [0.4, 0.5) is 4.39 Å². The number of unbranched alkanes of at least 4 members (excludes halogenated alkanes) is 3. The van der Waals surface area contributed by atoms with E-state index in [4.69, 9.17) is 16.3 Å². The molecule has 3 rings (SSSR count). The molecule has 1 aliphatic carbocycles. The van der Waals surface area contributed by atoms with Crippen LogP contribution in [0.2, 0.25) is 5.02 Å². The number of allylic oxidation sites excluding steroid dienone is 2. The summed E-state index contributed by atoms with van der Waals surface area (Å²) in [5.41, 5.74) is 4.24. The first-order valence-electron chi connectivity index (χ1n) is 10.7. The van der Waals surface area contributed by atoms with Gasteiger partial charge in [-0.15, -0.1) is 0 Å². The van der Waals surface area contributed by atoms with Crippen molar-refractivity contribution in [3.05, 3.63) is 71.7 Å². The molecule has 0 radical (unpaired) electrons. The molecule has 0 N–H and O–H groups in total. The molecule has 1 aliphatic rings. The van der Waals surface area contributed by atoms with Crippen LogP contribution >= 0.6 is 11.6 Å². The topological polar surface area (TPSA) is 9.23 Å². The van der Waals surface area contributed by atoms with Gasteiger partial charge in [0.2, 0.25) is 0 Å². The van der Waals surface area contributed by atoms with E-state index in [1.165, 1.54) is 62.3 Å². The molecular weight excluding hydrogens is 383 g/mol. The zero-order chi connectivity index (χ0) is 20.6. The zero-order valence-corrected chi connectivity index (χ0v) is 18.0. The van der Waals surface area contributed by atoms with Gasteiger partial charge in [0.15, 0.2) is 11.6 Å². The Morgan fingerprint density at radius 1 is 1.10 bits per heavy atom. The minimum absolute atomic E-state index is 0.0693. The van der Waals surface area contributed by atoms with Crippen molar-refractivity contribution in [1.82, 2.24) is 0 Å². The van der Waals surface area contributed by atoms with Gasteiger partial charge >= 0.3 is 0 Å². The monoisotopic (exact) mass is 412 g/mol. The molecule has 0 saturated heterocycles. The van der Waals surface area contributed by atoms with E-state index in [9.17, 15) is 4.39 Å². The summed E-state index contributed by atoms with van der Waals surface area (Å²) in [5, 5.41) is 0.0693. The minimum Gasteiger partial charge on any atom is -0.462 e. The van der Waals surface area contributed by atoms with Gasteiger partial charge in [-0.25, -0.2) is 4.39 Å². The van der Waals surface area contributed by atoms with Crippen molar-refractivity contribution in [3.8, 4) is 16.9 Å². The summed E-state index contributed by atoms with van der Waals surface area (Å²) in [6.07, 6.45) is 14.0. The van der Waals surface area contributed by atoms with E-state index in [2.05, 4.69) is 31.7 Å². The highest BCUT2D eigenvalue weighted by Crippen LogP contribution is 2.37. The van der Waals surface area contributed by atoms with Gasteiger partial charge in [-0.05, 0) is 54.0 Å². The number of benzene rings is 2. The van der Waals surface area contributed by atoms with Gasteiger partial charge in [0.05, 0.1) is 11.3 Å². The Bertz CT molecular complexity index is 854. The van der Waals surface area contributed by atoms with E-state index in [1.54, 1.807) is 12.1 Å². The normalized spacial score (nSPS) is 16.4. The molecule has 0 spiro atoms. The molecule has 154 valence electrons. The van der Waals surface area contributed by atoms with Crippen LogP contribution in [0, 0.1) is 11.7 Å². The van der Waals surface area contributed by atoms with Crippen LogP contribution in [0.1, 0.15) is 63.9 Å². The van der Waals surface area contributed by atoms with Gasteiger partial charge in [-0.3, -0.25) is 0 Å². The second-order valence-corrected chi connectivity index (χ2v) is 8.20. The lowest BCUT2D eigenvalue weighted by molar-refractivity contribution is 0.425. The molecule has 1 nitrogen and oxygen atoms in total. The Kier molecular flexibility index (Phi) is 7.94. The quantitative estimate of drug-likeness (QED) is 0.295. The standard InChI is InChI=1S/C26H30ClFO/c1-3-5-6-7-8-19-9-11-20(12-10-19)21-13-15-22(16-14-21)23-17-18-24(29-4-2)26(28)25(23)27/h4,11,13-19H,2-3,5-10,12H2,1H3. The Morgan fingerprint density at radius 3 is 2.52 bits per heavy atom. The predicted octanol–water partition coefficient (Wildman–Crippen LogP) is 8.82. The van der Waals surface area contributed by atoms with Crippen LogP contribution < -0.4 is 4.74 Å². The third-order valence-corrected chi connectivity index (χ3v) is 6.18. The van der Waals surface area contributed by atoms with Gasteiger partial charge in [-0.2, -0.15) is 0 Å². The van der Waals surface area contributed by atoms with Gasteiger partial charge in [0.1, 0.15) is 0 Å². The van der Waals surface area contributed by atoms with Crippen molar-refractivity contribution in [1.29, 1.82) is 0 Å². The molecule has 0 heterocycles. The van der Waals surface area contributed by atoms with E-state index in [1.807, 2.05) is 12.1 Å². The third-order valence-electron chi connectivity index (χ3n) is 5.81. The lowest BCUT2D eigenvalue weighted by Crippen LogP contribution is -2.05. The number of ether oxygens (including phenoxy) is 1. The summed E-state index contributed by atoms with van der Waals surface area (Å²) in [5.74, 6) is 0.364. The first-order valence-corrected chi connectivity index (χ1v) is 11.1. The van der Waals surface area contributed by atoms with Crippen LogP contribution in [0.5, 0.6) is 5.75 Å². The van der Waals surface area contributed by atoms with Crippen molar-refractivity contribution in [3.63, 3.8) is 0 Å². The van der Waals surface area contributed by atoms with Crippen molar-refractivity contribution in [2.24, 2.45) is 5.92 Å². The molecule has 2 aromatic carbocycles. The largest absolute Gasteiger partial charge is 0.462 e. The van der Waals surface area contributed by atoms with Crippen molar-refractivity contribution in [2.45, 2.75) is 58.3 Å². The highest BCUT2D eigenvalue weighted by atomic mass is 35.5. The summed E-state index contributed by atoms with van der Waals surface area (Å²) in [7, 11) is 0. The molecule has 1 unspecified atom stereocenters. The van der Waals surface area contributed by atoms with Crippen molar-refractivity contribution < 1.29 is 9.13 Å². The van der Waals surface area contributed by atoms with Gasteiger partial charge in [0, 0.05) is 5.56 Å². The minimum atomic E-state index is -0.562. The van der Waals surface area contributed by atoms with E-state index < -0.39 is 5.82 Å². The Hall–Kier alpha value is -2.06. The summed E-state index contributed by atoms with van der Waals surface area (Å²) in [4.78, 5) is 0. The average Bonchev–Trinajstić information content (AvgIpc) is 2.75. The van der Waals surface area contributed by atoms with Crippen LogP contribution in [-0.4, -0.2) is 0 Å². The summed E-state index contributed by atoms with van der Waals surface area (Å²) < 4.78 is 19.4. The van der Waals surface area contributed by atoms with Gasteiger partial charge in [-0.1, -0.05) is 87.5 Å². The lowest BCUT2D eigenvalue weighted by Gasteiger charge is -2.22. The maximum atomic E-state index is 14.4. The highest BCUT2D eigenvalue weighted by molar-refractivity contribution is 6.33. The van der Waals surface area contributed by atoms with Gasteiger partial charge in [0.25, 0.3) is 0 Å². The average molecular weight is 413 g/mol. The fourth-order valence-corrected chi connectivity index (χ4v) is 4.34. The summed E-state index contributed by atoms with van der Waals surface area (Å²) in [6.45, 7) is 5.71. The predicted molar refractivity (Wildman–Crippen MR) is 122 cm³/mol. The van der Waals surface area contributed by atoms with Crippen LogP contribution in [0.25, 0.3) is 16.7 Å². The fourth-order valence-electron chi connectivity index (χ4n) is 4.07. The second-order valence-electron chi connectivity index (χ2n) is 7.82. The maximum absolute atomic E-state index is 14.4. The number of halogens is 2. The first-order chi connectivity index (χ1) is 14.1. The Morgan fingerprint density at radius 2 is 1.86 bits per heavy atom. The fraction of sp³-hybridized carbons (Fsp3) is 0.385. The number of rotatable bonds is 9. The van der Waals surface area contributed by atoms with Crippen LogP contribution in [0.15, 0.2) is 55.3 Å². The maximum Gasteiger partial charge on any atom is 0.184 e. The molecule has 0 amide bonds. The van der Waals surface area contributed by atoms with Crippen LogP contribution in [0.3, 0.4) is 0 Å². The SMILES string of the molecule is C=COc1ccc(-c2ccc(C3=CCC(CCCCCC)CC3)cc2)c(Cl)c1F. The lowest BCUT2D eigenvalue weighted by atomic mass is 9.83. The Balaban J connectivity index is 1.66. The van der Waals surface area contributed by atoms with Crippen molar-refractivity contribution in [2.75, 3.05) is 0 Å². The molecule has 0 fully saturated rings. The van der Waals surface area contributed by atoms with E-state index in [0.29, 0.717) is 5.56 Å². The third kappa shape index (κ3) is 5.51. The highest BCUT2D eigenvalue weighted by Gasteiger charge is 2.17. The molecule has 0 saturated carbocycles. The zero-order valence-electron chi connectivity index (χ0n) is 17.2. The molecular formula is C26H30ClFO. The molecule has 0 aliphatic heterocycles. The van der Waals surface area contributed by atoms with Crippen molar-refractivity contribution >= 4 is 17.2 Å². The van der Waals surface area contributed by atoms with E-state index >= 15 is 0 Å². The summed E-state index contributed by atoms with van der Waals surface area (Å²) in [6, 6.07) is 11.6. The molecule has 0 aromatic heterocycles. The smallest absolute Gasteiger partial charge is 0.184 e. The summed E-state index contributed by atoms with van der Waals surface area (Å²) >= 11 is 6.23. The van der Waals surface area contributed by atoms with Crippen LogP contribution in [-0.2, 0) is 0 Å². The molecule has 1 atom stereocenters. The second kappa shape index (κ2) is 10.6. The first kappa shape index (κ1) is 21.6. The molecule has 0 bridgehead atoms. The molecule has 29 heavy (non-hydrogen) atoms. The van der Waals surface area contributed by atoms with Gasteiger partial charge < -0.3 is 4.74 Å². The Labute approximate surface area is 179 Å². The number of hydrogen-bond donors (Lipinski definition) is 0. The van der Waals surface area contributed by atoms with E-state index in [0.717, 1.165) is 17.9 Å². The van der Waals surface area contributed by atoms with E-state index in [-0.39, 0.29) is 10.8 Å². The molecule has 3 heteroatoms.